The molecule has 0 atom stereocenters. The lowest BCUT2D eigenvalue weighted by atomic mass is 10.2. The Kier molecular flexibility index (Phi) is 5.73. The Labute approximate surface area is 150 Å². The molecule has 0 spiro atoms. The van der Waals surface area contributed by atoms with E-state index in [0.29, 0.717) is 18.3 Å². The van der Waals surface area contributed by atoms with Crippen molar-refractivity contribution in [2.45, 2.75) is 50.4 Å². The van der Waals surface area contributed by atoms with Crippen LogP contribution >= 0.6 is 23.1 Å². The van der Waals surface area contributed by atoms with Gasteiger partial charge in [0.2, 0.25) is 5.91 Å². The van der Waals surface area contributed by atoms with E-state index in [-0.39, 0.29) is 5.91 Å². The predicted molar refractivity (Wildman–Crippen MR) is 99.4 cm³/mol. The summed E-state index contributed by atoms with van der Waals surface area (Å²) in [7, 11) is 0. The molecule has 2 aromatic rings. The van der Waals surface area contributed by atoms with Gasteiger partial charge in [-0.2, -0.15) is 0 Å². The molecule has 128 valence electrons. The lowest BCUT2D eigenvalue weighted by Gasteiger charge is -2.11. The van der Waals surface area contributed by atoms with E-state index in [1.54, 1.807) is 11.3 Å². The van der Waals surface area contributed by atoms with Gasteiger partial charge in [-0.1, -0.05) is 30.7 Å². The van der Waals surface area contributed by atoms with E-state index < -0.39 is 0 Å². The SMILES string of the molecule is C=CCn1c(SCC(=O)NC2CCCC2)nnc1-c1csc(C)c1. The summed E-state index contributed by atoms with van der Waals surface area (Å²) in [5.41, 5.74) is 1.06. The number of allylic oxidation sites excluding steroid dienone is 1. The summed E-state index contributed by atoms with van der Waals surface area (Å²) >= 11 is 3.13. The van der Waals surface area contributed by atoms with Crippen LogP contribution in [-0.2, 0) is 11.3 Å². The van der Waals surface area contributed by atoms with Gasteiger partial charge in [-0.05, 0) is 25.8 Å². The molecule has 1 fully saturated rings. The molecular formula is C17H22N4OS2. The molecule has 0 aromatic carbocycles. The number of carbonyl (C=O) groups is 1. The summed E-state index contributed by atoms with van der Waals surface area (Å²) < 4.78 is 2.02. The molecule has 1 amide bonds. The number of nitrogens with one attached hydrogen (secondary N) is 1. The molecule has 0 radical (unpaired) electrons. The number of aromatic nitrogens is 3. The van der Waals surface area contributed by atoms with E-state index in [0.717, 1.165) is 29.4 Å². The topological polar surface area (TPSA) is 59.8 Å². The molecule has 1 N–H and O–H groups in total. The normalized spacial score (nSPS) is 14.9. The fraction of sp³-hybridized carbons (Fsp3) is 0.471. The fourth-order valence-electron chi connectivity index (χ4n) is 2.93. The van der Waals surface area contributed by atoms with Crippen LogP contribution in [0, 0.1) is 6.92 Å². The largest absolute Gasteiger partial charge is 0.353 e. The van der Waals surface area contributed by atoms with Gasteiger partial charge in [0.15, 0.2) is 11.0 Å². The maximum absolute atomic E-state index is 12.1. The highest BCUT2D eigenvalue weighted by molar-refractivity contribution is 7.99. The second-order valence-electron chi connectivity index (χ2n) is 5.99. The number of amides is 1. The van der Waals surface area contributed by atoms with Crippen molar-refractivity contribution < 1.29 is 4.79 Å². The minimum absolute atomic E-state index is 0.0768. The molecule has 1 aliphatic carbocycles. The Balaban J connectivity index is 1.67. The van der Waals surface area contributed by atoms with Crippen molar-refractivity contribution >= 4 is 29.0 Å². The average Bonchev–Trinajstić information content (AvgIpc) is 3.28. The van der Waals surface area contributed by atoms with Gasteiger partial charge in [0.05, 0.1) is 5.75 Å². The van der Waals surface area contributed by atoms with E-state index in [4.69, 9.17) is 0 Å². The van der Waals surface area contributed by atoms with E-state index in [9.17, 15) is 4.79 Å². The molecule has 2 heterocycles. The lowest BCUT2D eigenvalue weighted by Crippen LogP contribution is -2.33. The highest BCUT2D eigenvalue weighted by atomic mass is 32.2. The molecule has 5 nitrogen and oxygen atoms in total. The number of hydrogen-bond donors (Lipinski definition) is 1. The van der Waals surface area contributed by atoms with Crippen molar-refractivity contribution in [3.8, 4) is 11.4 Å². The first-order valence-corrected chi connectivity index (χ1v) is 10.1. The predicted octanol–water partition coefficient (Wildman–Crippen LogP) is 3.65. The monoisotopic (exact) mass is 362 g/mol. The van der Waals surface area contributed by atoms with Gasteiger partial charge in [0.25, 0.3) is 0 Å². The molecule has 0 saturated heterocycles. The molecule has 2 aromatic heterocycles. The Hall–Kier alpha value is -1.60. The molecule has 1 saturated carbocycles. The third kappa shape index (κ3) is 4.08. The van der Waals surface area contributed by atoms with Gasteiger partial charge >= 0.3 is 0 Å². The minimum Gasteiger partial charge on any atom is -0.353 e. The Morgan fingerprint density at radius 3 is 2.96 bits per heavy atom. The van der Waals surface area contributed by atoms with Gasteiger partial charge in [-0.3, -0.25) is 9.36 Å². The Bertz CT molecular complexity index is 716. The third-order valence-electron chi connectivity index (χ3n) is 4.07. The number of hydrogen-bond acceptors (Lipinski definition) is 5. The number of rotatable bonds is 7. The molecule has 3 rings (SSSR count). The van der Waals surface area contributed by atoms with Crippen molar-refractivity contribution in [1.29, 1.82) is 0 Å². The van der Waals surface area contributed by atoms with Crippen molar-refractivity contribution in [1.82, 2.24) is 20.1 Å². The van der Waals surface area contributed by atoms with Gasteiger partial charge in [-0.25, -0.2) is 0 Å². The number of nitrogens with zero attached hydrogens (tertiary/aromatic N) is 3. The van der Waals surface area contributed by atoms with Gasteiger partial charge < -0.3 is 5.32 Å². The zero-order valence-corrected chi connectivity index (χ0v) is 15.5. The van der Waals surface area contributed by atoms with Crippen LogP contribution in [0.3, 0.4) is 0 Å². The molecular weight excluding hydrogens is 340 g/mol. The standard InChI is InChI=1S/C17H22N4OS2/c1-3-8-21-16(13-9-12(2)23-10-13)19-20-17(21)24-11-15(22)18-14-6-4-5-7-14/h3,9-10,14H,1,4-8,11H2,2H3,(H,18,22). The zero-order chi connectivity index (χ0) is 16.9. The molecule has 24 heavy (non-hydrogen) atoms. The van der Waals surface area contributed by atoms with E-state index >= 15 is 0 Å². The van der Waals surface area contributed by atoms with Crippen LogP contribution in [0.25, 0.3) is 11.4 Å². The first kappa shape index (κ1) is 17.2. The van der Waals surface area contributed by atoms with Crippen LogP contribution in [0.1, 0.15) is 30.6 Å². The van der Waals surface area contributed by atoms with Crippen molar-refractivity contribution in [2.24, 2.45) is 0 Å². The minimum atomic E-state index is 0.0768. The van der Waals surface area contributed by atoms with Crippen LogP contribution < -0.4 is 5.32 Å². The molecule has 0 aliphatic heterocycles. The van der Waals surface area contributed by atoms with Crippen LogP contribution in [0.2, 0.25) is 0 Å². The summed E-state index contributed by atoms with van der Waals surface area (Å²) in [5.74, 6) is 1.28. The van der Waals surface area contributed by atoms with Crippen molar-refractivity contribution in [3.05, 3.63) is 29.0 Å². The average molecular weight is 363 g/mol. The van der Waals surface area contributed by atoms with E-state index in [1.807, 2.05) is 10.6 Å². The smallest absolute Gasteiger partial charge is 0.230 e. The summed E-state index contributed by atoms with van der Waals surface area (Å²) in [6, 6.07) is 2.46. The van der Waals surface area contributed by atoms with Crippen molar-refractivity contribution in [3.63, 3.8) is 0 Å². The number of thioether (sulfide) groups is 1. The van der Waals surface area contributed by atoms with E-state index in [2.05, 4.69) is 40.5 Å². The summed E-state index contributed by atoms with van der Waals surface area (Å²) in [6.07, 6.45) is 6.47. The van der Waals surface area contributed by atoms with E-state index in [1.165, 1.54) is 29.5 Å². The highest BCUT2D eigenvalue weighted by Gasteiger charge is 2.19. The number of carbonyl (C=O) groups excluding carboxylic acids is 1. The van der Waals surface area contributed by atoms with Crippen LogP contribution in [-0.4, -0.2) is 32.5 Å². The number of thiophene rings is 1. The van der Waals surface area contributed by atoms with Crippen LogP contribution in [0.5, 0.6) is 0 Å². The second kappa shape index (κ2) is 7.98. The summed E-state index contributed by atoms with van der Waals surface area (Å²) in [6.45, 7) is 6.52. The zero-order valence-electron chi connectivity index (χ0n) is 13.8. The quantitative estimate of drug-likeness (QED) is 0.603. The van der Waals surface area contributed by atoms with Crippen LogP contribution in [0.4, 0.5) is 0 Å². The molecule has 0 bridgehead atoms. The molecule has 7 heteroatoms. The lowest BCUT2D eigenvalue weighted by molar-refractivity contribution is -0.119. The first-order chi connectivity index (χ1) is 11.7. The van der Waals surface area contributed by atoms with Gasteiger partial charge in [0, 0.05) is 28.4 Å². The summed E-state index contributed by atoms with van der Waals surface area (Å²) in [5, 5.41) is 14.5. The maximum Gasteiger partial charge on any atom is 0.230 e. The maximum atomic E-state index is 12.1. The molecule has 1 aliphatic rings. The van der Waals surface area contributed by atoms with Gasteiger partial charge in [0.1, 0.15) is 0 Å². The first-order valence-electron chi connectivity index (χ1n) is 8.19. The van der Waals surface area contributed by atoms with Crippen molar-refractivity contribution in [2.75, 3.05) is 5.75 Å². The summed E-state index contributed by atoms with van der Waals surface area (Å²) in [4.78, 5) is 13.4. The molecule has 0 unspecified atom stereocenters. The third-order valence-corrected chi connectivity index (χ3v) is 5.90. The van der Waals surface area contributed by atoms with Gasteiger partial charge in [-0.15, -0.1) is 28.1 Å². The Morgan fingerprint density at radius 1 is 1.50 bits per heavy atom. The second-order valence-corrected chi connectivity index (χ2v) is 8.05. The van der Waals surface area contributed by atoms with Crippen LogP contribution in [0.15, 0.2) is 29.3 Å². The fourth-order valence-corrected chi connectivity index (χ4v) is 4.37. The highest BCUT2D eigenvalue weighted by Crippen LogP contribution is 2.27. The Morgan fingerprint density at radius 2 is 2.29 bits per heavy atom. The number of aryl methyl sites for hydroxylation is 1.